The fraction of sp³-hybridized carbons (Fsp3) is 0.625. The van der Waals surface area contributed by atoms with Crippen molar-refractivity contribution in [2.75, 3.05) is 13.6 Å². The average Bonchev–Trinajstić information content (AvgIpc) is 2.44. The van der Waals surface area contributed by atoms with E-state index in [9.17, 15) is 4.39 Å². The van der Waals surface area contributed by atoms with E-state index < -0.39 is 0 Å². The summed E-state index contributed by atoms with van der Waals surface area (Å²) >= 11 is 5.75. The first-order valence-electron chi connectivity index (χ1n) is 7.40. The minimum Gasteiger partial charge on any atom is -0.329 e. The van der Waals surface area contributed by atoms with Crippen LogP contribution in [0.25, 0.3) is 0 Å². The maximum atomic E-state index is 13.6. The van der Waals surface area contributed by atoms with Crippen molar-refractivity contribution < 1.29 is 4.39 Å². The zero-order chi connectivity index (χ0) is 14.7. The van der Waals surface area contributed by atoms with Crippen LogP contribution in [-0.4, -0.2) is 24.5 Å². The summed E-state index contributed by atoms with van der Waals surface area (Å²) in [6, 6.07) is 5.61. The van der Waals surface area contributed by atoms with Gasteiger partial charge in [0.05, 0.1) is 5.02 Å². The summed E-state index contributed by atoms with van der Waals surface area (Å²) in [4.78, 5) is 2.31. The number of rotatable bonds is 4. The van der Waals surface area contributed by atoms with Crippen molar-refractivity contribution in [3.63, 3.8) is 0 Å². The number of nitrogens with two attached hydrogens (primary N) is 1. The molecule has 0 aromatic heterocycles. The lowest BCUT2D eigenvalue weighted by Crippen LogP contribution is -2.40. The van der Waals surface area contributed by atoms with Gasteiger partial charge in [0, 0.05) is 18.6 Å². The molecule has 1 unspecified atom stereocenters. The zero-order valence-electron chi connectivity index (χ0n) is 12.3. The smallest absolute Gasteiger partial charge is 0.142 e. The van der Waals surface area contributed by atoms with E-state index in [1.54, 1.807) is 6.07 Å². The maximum Gasteiger partial charge on any atom is 0.142 e. The Morgan fingerprint density at radius 3 is 2.55 bits per heavy atom. The molecule has 2 nitrogen and oxygen atoms in total. The third kappa shape index (κ3) is 3.51. The average molecular weight is 299 g/mol. The van der Waals surface area contributed by atoms with E-state index in [4.69, 9.17) is 17.3 Å². The first kappa shape index (κ1) is 15.7. The van der Waals surface area contributed by atoms with E-state index in [2.05, 4.69) is 18.9 Å². The molecular weight excluding hydrogens is 275 g/mol. The van der Waals surface area contributed by atoms with Crippen molar-refractivity contribution in [1.29, 1.82) is 0 Å². The third-order valence-electron chi connectivity index (χ3n) is 4.60. The molecule has 0 heterocycles. The summed E-state index contributed by atoms with van der Waals surface area (Å²) in [5.74, 6) is 0.456. The van der Waals surface area contributed by atoms with Crippen LogP contribution in [0, 0.1) is 11.7 Å². The molecule has 1 aromatic rings. The summed E-state index contributed by atoms with van der Waals surface area (Å²) in [5.41, 5.74) is 6.84. The molecule has 0 bridgehead atoms. The Labute approximate surface area is 126 Å². The van der Waals surface area contributed by atoms with Gasteiger partial charge in [0.25, 0.3) is 0 Å². The monoisotopic (exact) mass is 298 g/mol. The topological polar surface area (TPSA) is 29.3 Å². The standard InChI is InChI=1S/C16H24ClFN2/c1-11-3-6-13(7-4-11)20(2)16(10-19)12-5-8-14(17)15(18)9-12/h5,8-9,11,13,16H,3-4,6-7,10,19H2,1-2H3. The summed E-state index contributed by atoms with van der Waals surface area (Å²) in [7, 11) is 2.10. The van der Waals surface area contributed by atoms with Gasteiger partial charge in [-0.1, -0.05) is 24.6 Å². The summed E-state index contributed by atoms with van der Waals surface area (Å²) < 4.78 is 13.6. The number of halogens is 2. The van der Waals surface area contributed by atoms with Crippen LogP contribution in [0.1, 0.15) is 44.2 Å². The van der Waals surface area contributed by atoms with Crippen molar-refractivity contribution >= 4 is 11.6 Å². The van der Waals surface area contributed by atoms with Crippen molar-refractivity contribution in [2.45, 2.75) is 44.7 Å². The molecule has 2 rings (SSSR count). The quantitative estimate of drug-likeness (QED) is 0.911. The number of benzene rings is 1. The number of likely N-dealkylation sites (N-methyl/N-ethyl adjacent to an activating group) is 1. The fourth-order valence-corrected chi connectivity index (χ4v) is 3.28. The van der Waals surface area contributed by atoms with E-state index in [0.29, 0.717) is 12.6 Å². The van der Waals surface area contributed by atoms with Crippen LogP contribution < -0.4 is 5.73 Å². The van der Waals surface area contributed by atoms with Crippen LogP contribution in [0.15, 0.2) is 18.2 Å². The lowest BCUT2D eigenvalue weighted by Gasteiger charge is -2.38. The second kappa shape index (κ2) is 6.88. The first-order chi connectivity index (χ1) is 9.52. The second-order valence-electron chi connectivity index (χ2n) is 6.00. The number of hydrogen-bond acceptors (Lipinski definition) is 2. The van der Waals surface area contributed by atoms with Crippen LogP contribution in [0.3, 0.4) is 0 Å². The second-order valence-corrected chi connectivity index (χ2v) is 6.41. The van der Waals surface area contributed by atoms with Crippen molar-refractivity contribution in [3.8, 4) is 0 Å². The molecule has 1 atom stereocenters. The van der Waals surface area contributed by atoms with Gasteiger partial charge in [-0.05, 0) is 56.3 Å². The highest BCUT2D eigenvalue weighted by atomic mass is 35.5. The van der Waals surface area contributed by atoms with Crippen molar-refractivity contribution in [3.05, 3.63) is 34.6 Å². The SMILES string of the molecule is CC1CCC(N(C)C(CN)c2ccc(Cl)c(F)c2)CC1. The van der Waals surface area contributed by atoms with Gasteiger partial charge in [-0.25, -0.2) is 4.39 Å². The van der Waals surface area contributed by atoms with Gasteiger partial charge in [-0.2, -0.15) is 0 Å². The van der Waals surface area contributed by atoms with Gasteiger partial charge >= 0.3 is 0 Å². The Hall–Kier alpha value is -0.640. The van der Waals surface area contributed by atoms with Crippen molar-refractivity contribution in [1.82, 2.24) is 4.90 Å². The summed E-state index contributed by atoms with van der Waals surface area (Å²) in [6.45, 7) is 2.80. The summed E-state index contributed by atoms with van der Waals surface area (Å²) in [6.07, 6.45) is 4.93. The zero-order valence-corrected chi connectivity index (χ0v) is 13.0. The largest absolute Gasteiger partial charge is 0.329 e. The van der Waals surface area contributed by atoms with Gasteiger partial charge < -0.3 is 5.73 Å². The molecule has 0 spiro atoms. The fourth-order valence-electron chi connectivity index (χ4n) is 3.16. The highest BCUT2D eigenvalue weighted by Crippen LogP contribution is 2.31. The molecule has 0 radical (unpaired) electrons. The number of nitrogens with zero attached hydrogens (tertiary/aromatic N) is 1. The molecule has 1 fully saturated rings. The first-order valence-corrected chi connectivity index (χ1v) is 7.77. The Bertz CT molecular complexity index is 444. The Kier molecular flexibility index (Phi) is 5.42. The predicted molar refractivity (Wildman–Crippen MR) is 82.4 cm³/mol. The normalized spacial score (nSPS) is 24.9. The molecule has 20 heavy (non-hydrogen) atoms. The van der Waals surface area contributed by atoms with Gasteiger partial charge in [0.2, 0.25) is 0 Å². The number of hydrogen-bond donors (Lipinski definition) is 1. The molecule has 1 aromatic carbocycles. The molecule has 1 aliphatic carbocycles. The Balaban J connectivity index is 2.12. The van der Waals surface area contributed by atoms with Gasteiger partial charge in [-0.15, -0.1) is 0 Å². The van der Waals surface area contributed by atoms with Gasteiger partial charge in [0.1, 0.15) is 5.82 Å². The van der Waals surface area contributed by atoms with Gasteiger partial charge in [-0.3, -0.25) is 4.90 Å². The van der Waals surface area contributed by atoms with Crippen LogP contribution in [0.5, 0.6) is 0 Å². The summed E-state index contributed by atoms with van der Waals surface area (Å²) in [5, 5.41) is 0.165. The molecule has 1 aliphatic rings. The minimum absolute atomic E-state index is 0.0557. The molecule has 112 valence electrons. The molecule has 0 aliphatic heterocycles. The highest BCUT2D eigenvalue weighted by molar-refractivity contribution is 6.30. The molecule has 2 N–H and O–H groups in total. The lowest BCUT2D eigenvalue weighted by atomic mass is 9.86. The predicted octanol–water partition coefficient (Wildman–Crippen LogP) is 3.99. The Morgan fingerprint density at radius 2 is 2.00 bits per heavy atom. The molecular formula is C16H24ClFN2. The maximum absolute atomic E-state index is 13.6. The lowest BCUT2D eigenvalue weighted by molar-refractivity contribution is 0.126. The minimum atomic E-state index is -0.367. The van der Waals surface area contributed by atoms with Crippen LogP contribution >= 0.6 is 11.6 Å². The van der Waals surface area contributed by atoms with E-state index in [0.717, 1.165) is 11.5 Å². The van der Waals surface area contributed by atoms with Crippen LogP contribution in [-0.2, 0) is 0 Å². The Morgan fingerprint density at radius 1 is 1.35 bits per heavy atom. The van der Waals surface area contributed by atoms with E-state index in [-0.39, 0.29) is 16.9 Å². The van der Waals surface area contributed by atoms with Crippen LogP contribution in [0.4, 0.5) is 4.39 Å². The molecule has 0 saturated heterocycles. The van der Waals surface area contributed by atoms with E-state index in [1.165, 1.54) is 31.7 Å². The molecule has 1 saturated carbocycles. The van der Waals surface area contributed by atoms with E-state index >= 15 is 0 Å². The molecule has 4 heteroatoms. The molecule has 0 amide bonds. The van der Waals surface area contributed by atoms with Crippen molar-refractivity contribution in [2.24, 2.45) is 11.7 Å². The highest BCUT2D eigenvalue weighted by Gasteiger charge is 2.27. The van der Waals surface area contributed by atoms with Gasteiger partial charge in [0.15, 0.2) is 0 Å². The third-order valence-corrected chi connectivity index (χ3v) is 4.91. The van der Waals surface area contributed by atoms with E-state index in [1.807, 2.05) is 6.07 Å². The van der Waals surface area contributed by atoms with Crippen LogP contribution in [0.2, 0.25) is 5.02 Å².